The number of hydrogen-bond donors (Lipinski definition) is 0. The van der Waals surface area contributed by atoms with Gasteiger partial charge in [-0.25, -0.2) is 0 Å². The van der Waals surface area contributed by atoms with Crippen LogP contribution in [0.15, 0.2) is 66.7 Å². The fourth-order valence-electron chi connectivity index (χ4n) is 4.61. The molecule has 2 heterocycles. The third kappa shape index (κ3) is 3.63. The Balaban J connectivity index is 1.20. The highest BCUT2D eigenvalue weighted by Gasteiger charge is 2.52. The first-order valence-corrected chi connectivity index (χ1v) is 10.7. The molecule has 0 saturated carbocycles. The Hall–Kier alpha value is -3.41. The van der Waals surface area contributed by atoms with Crippen LogP contribution in [0, 0.1) is 11.8 Å². The first-order chi connectivity index (χ1) is 15.1. The highest BCUT2D eigenvalue weighted by molar-refractivity contribution is 6.06. The summed E-state index contributed by atoms with van der Waals surface area (Å²) in [4.78, 5) is 41.4. The average Bonchev–Trinajstić information content (AvgIpc) is 3.03. The summed E-state index contributed by atoms with van der Waals surface area (Å²) in [6.07, 6.45) is 5.24. The van der Waals surface area contributed by atoms with E-state index in [-0.39, 0.29) is 35.6 Å². The molecule has 2 aliphatic heterocycles. The largest absolute Gasteiger partial charge is 0.489 e. The van der Waals surface area contributed by atoms with Crippen LogP contribution in [0.25, 0.3) is 0 Å². The Labute approximate surface area is 181 Å². The SMILES string of the molecule is O=C(c1cccc(OCc2ccccc2)c1)N1CC(N2C(=O)C3CC=CCC3C2=O)C1. The molecule has 6 heteroatoms. The van der Waals surface area contributed by atoms with Crippen LogP contribution in [0.3, 0.4) is 0 Å². The number of benzene rings is 2. The van der Waals surface area contributed by atoms with Gasteiger partial charge < -0.3 is 9.64 Å². The Morgan fingerprint density at radius 2 is 1.58 bits per heavy atom. The van der Waals surface area contributed by atoms with Crippen molar-refractivity contribution < 1.29 is 19.1 Å². The van der Waals surface area contributed by atoms with Crippen LogP contribution in [0.2, 0.25) is 0 Å². The molecule has 31 heavy (non-hydrogen) atoms. The lowest BCUT2D eigenvalue weighted by Crippen LogP contribution is -2.62. The van der Waals surface area contributed by atoms with Crippen LogP contribution in [0.1, 0.15) is 28.8 Å². The standard InChI is InChI=1S/C25H24N2O4/c28-23(18-9-6-10-20(13-18)31-16-17-7-2-1-3-8-17)26-14-19(15-26)27-24(29)21-11-4-5-12-22(21)25(27)30/h1-10,13,19,21-22H,11-12,14-16H2. The molecule has 5 rings (SSSR count). The summed E-state index contributed by atoms with van der Waals surface area (Å²) in [5.74, 6) is -0.0743. The molecule has 2 aromatic carbocycles. The number of fused-ring (bicyclic) bond motifs is 1. The molecular formula is C25H24N2O4. The fourth-order valence-corrected chi connectivity index (χ4v) is 4.61. The second-order valence-corrected chi connectivity index (χ2v) is 8.37. The molecule has 2 fully saturated rings. The van der Waals surface area contributed by atoms with Crippen molar-refractivity contribution in [2.45, 2.75) is 25.5 Å². The van der Waals surface area contributed by atoms with Crippen LogP contribution >= 0.6 is 0 Å². The van der Waals surface area contributed by atoms with Gasteiger partial charge in [-0.1, -0.05) is 48.6 Å². The molecule has 2 aromatic rings. The molecule has 1 aliphatic carbocycles. The van der Waals surface area contributed by atoms with E-state index in [4.69, 9.17) is 4.74 Å². The fraction of sp³-hybridized carbons (Fsp3) is 0.320. The molecule has 6 nitrogen and oxygen atoms in total. The van der Waals surface area contributed by atoms with Gasteiger partial charge in [0.1, 0.15) is 12.4 Å². The Morgan fingerprint density at radius 1 is 0.903 bits per heavy atom. The van der Waals surface area contributed by atoms with Gasteiger partial charge in [-0.15, -0.1) is 0 Å². The molecule has 0 bridgehead atoms. The van der Waals surface area contributed by atoms with Gasteiger partial charge in [0.2, 0.25) is 11.8 Å². The summed E-state index contributed by atoms with van der Waals surface area (Å²) in [6.45, 7) is 1.21. The van der Waals surface area contributed by atoms with Crippen molar-refractivity contribution in [3.63, 3.8) is 0 Å². The summed E-state index contributed by atoms with van der Waals surface area (Å²) >= 11 is 0. The third-order valence-electron chi connectivity index (χ3n) is 6.39. The molecule has 0 aromatic heterocycles. The van der Waals surface area contributed by atoms with Gasteiger partial charge in [0, 0.05) is 18.7 Å². The average molecular weight is 416 g/mol. The van der Waals surface area contributed by atoms with Crippen molar-refractivity contribution in [1.82, 2.24) is 9.80 Å². The summed E-state index contributed by atoms with van der Waals surface area (Å²) in [6, 6.07) is 16.8. The smallest absolute Gasteiger partial charge is 0.254 e. The number of imide groups is 1. The zero-order valence-corrected chi connectivity index (χ0v) is 17.1. The minimum Gasteiger partial charge on any atom is -0.489 e. The number of carbonyl (C=O) groups is 3. The molecule has 2 atom stereocenters. The monoisotopic (exact) mass is 416 g/mol. The number of allylic oxidation sites excluding steroid dienone is 2. The van der Waals surface area contributed by atoms with E-state index in [0.29, 0.717) is 43.9 Å². The molecule has 3 aliphatic rings. The van der Waals surface area contributed by atoms with Gasteiger partial charge in [-0.2, -0.15) is 0 Å². The van der Waals surface area contributed by atoms with E-state index in [1.165, 1.54) is 4.90 Å². The predicted molar refractivity (Wildman–Crippen MR) is 114 cm³/mol. The molecule has 2 saturated heterocycles. The minimum atomic E-state index is -0.222. The number of nitrogens with zero attached hydrogens (tertiary/aromatic N) is 2. The van der Waals surface area contributed by atoms with Gasteiger partial charge in [0.15, 0.2) is 0 Å². The molecule has 0 N–H and O–H groups in total. The summed E-state index contributed by atoms with van der Waals surface area (Å²) < 4.78 is 5.82. The highest BCUT2D eigenvalue weighted by atomic mass is 16.5. The van der Waals surface area contributed by atoms with Gasteiger partial charge >= 0.3 is 0 Å². The second kappa shape index (κ2) is 8.02. The van der Waals surface area contributed by atoms with E-state index in [2.05, 4.69) is 0 Å². The van der Waals surface area contributed by atoms with Crippen LogP contribution in [-0.4, -0.2) is 46.7 Å². The van der Waals surface area contributed by atoms with Crippen molar-refractivity contribution in [1.29, 1.82) is 0 Å². The van der Waals surface area contributed by atoms with E-state index in [0.717, 1.165) is 5.56 Å². The van der Waals surface area contributed by atoms with Crippen LogP contribution in [-0.2, 0) is 16.2 Å². The third-order valence-corrected chi connectivity index (χ3v) is 6.39. The van der Waals surface area contributed by atoms with E-state index >= 15 is 0 Å². The number of ether oxygens (including phenoxy) is 1. The van der Waals surface area contributed by atoms with Crippen molar-refractivity contribution >= 4 is 17.7 Å². The number of amides is 3. The minimum absolute atomic E-state index is 0.0761. The maximum Gasteiger partial charge on any atom is 0.254 e. The maximum absolute atomic E-state index is 12.9. The summed E-state index contributed by atoms with van der Waals surface area (Å²) in [5.41, 5.74) is 1.60. The van der Waals surface area contributed by atoms with Crippen molar-refractivity contribution in [3.8, 4) is 5.75 Å². The lowest BCUT2D eigenvalue weighted by molar-refractivity contribution is -0.145. The molecular weight excluding hydrogens is 392 g/mol. The Bertz CT molecular complexity index is 1020. The van der Waals surface area contributed by atoms with Crippen LogP contribution in [0.4, 0.5) is 0 Å². The quantitative estimate of drug-likeness (QED) is 0.555. The second-order valence-electron chi connectivity index (χ2n) is 8.37. The molecule has 158 valence electrons. The van der Waals surface area contributed by atoms with Crippen LogP contribution in [0.5, 0.6) is 5.75 Å². The van der Waals surface area contributed by atoms with Crippen molar-refractivity contribution in [2.75, 3.05) is 13.1 Å². The molecule has 3 amide bonds. The first-order valence-electron chi connectivity index (χ1n) is 10.7. The number of carbonyl (C=O) groups excluding carboxylic acids is 3. The van der Waals surface area contributed by atoms with Crippen molar-refractivity contribution in [3.05, 3.63) is 77.9 Å². The lowest BCUT2D eigenvalue weighted by atomic mass is 9.85. The Morgan fingerprint density at radius 3 is 2.26 bits per heavy atom. The summed E-state index contributed by atoms with van der Waals surface area (Å²) in [7, 11) is 0. The van der Waals surface area contributed by atoms with E-state index in [1.54, 1.807) is 23.1 Å². The highest BCUT2D eigenvalue weighted by Crippen LogP contribution is 2.37. The van der Waals surface area contributed by atoms with E-state index in [9.17, 15) is 14.4 Å². The predicted octanol–water partition coefficient (Wildman–Crippen LogP) is 3.04. The number of likely N-dealkylation sites (tertiary alicyclic amines) is 2. The molecule has 0 radical (unpaired) electrons. The topological polar surface area (TPSA) is 66.9 Å². The number of rotatable bonds is 5. The number of hydrogen-bond acceptors (Lipinski definition) is 4. The van der Waals surface area contributed by atoms with Gasteiger partial charge in [-0.3, -0.25) is 19.3 Å². The van der Waals surface area contributed by atoms with Crippen molar-refractivity contribution in [2.24, 2.45) is 11.8 Å². The molecule has 0 spiro atoms. The zero-order chi connectivity index (χ0) is 21.4. The molecule has 2 unspecified atom stereocenters. The van der Waals surface area contributed by atoms with Gasteiger partial charge in [0.05, 0.1) is 17.9 Å². The maximum atomic E-state index is 12.9. The Kier molecular flexibility index (Phi) is 5.06. The van der Waals surface area contributed by atoms with Gasteiger partial charge in [-0.05, 0) is 36.6 Å². The zero-order valence-electron chi connectivity index (χ0n) is 17.1. The van der Waals surface area contributed by atoms with Crippen LogP contribution < -0.4 is 4.74 Å². The van der Waals surface area contributed by atoms with Gasteiger partial charge in [0.25, 0.3) is 5.91 Å². The van der Waals surface area contributed by atoms with E-state index in [1.807, 2.05) is 48.6 Å². The first kappa shape index (κ1) is 19.5. The summed E-state index contributed by atoms with van der Waals surface area (Å²) in [5, 5.41) is 0. The normalized spacial score (nSPS) is 23.0. The van der Waals surface area contributed by atoms with E-state index < -0.39 is 0 Å². The lowest BCUT2D eigenvalue weighted by Gasteiger charge is -2.43.